The molecule has 0 fully saturated rings. The van der Waals surface area contributed by atoms with Crippen LogP contribution in [0.3, 0.4) is 0 Å². The average molecular weight is 102 g/mol. The fraction of sp³-hybridized carbons (Fsp3) is 0.800. The largest absolute Gasteiger partial charge is 0.313 e. The Labute approximate surface area is 45.6 Å². The van der Waals surface area contributed by atoms with E-state index in [-0.39, 0.29) is 0 Å². The van der Waals surface area contributed by atoms with Crippen LogP contribution in [0.25, 0.3) is 0 Å². The summed E-state index contributed by atoms with van der Waals surface area (Å²) in [5.41, 5.74) is 2.59. The second kappa shape index (κ2) is 17.9. The molecule has 0 aromatic heterocycles. The molecule has 0 bridgehead atoms. The van der Waals surface area contributed by atoms with E-state index in [9.17, 15) is 0 Å². The molecule has 0 spiro atoms. The van der Waals surface area contributed by atoms with E-state index in [1.165, 1.54) is 0 Å². The van der Waals surface area contributed by atoms with E-state index in [0.717, 1.165) is 0 Å². The third-order valence-electron chi connectivity index (χ3n) is 0.258. The maximum absolute atomic E-state index is 3.60. The lowest BCUT2D eigenvalue weighted by Gasteiger charge is -1.75. The van der Waals surface area contributed by atoms with Gasteiger partial charge in [-0.2, -0.15) is 5.10 Å². The van der Waals surface area contributed by atoms with Gasteiger partial charge in [-0.3, -0.25) is 0 Å². The first-order chi connectivity index (χ1) is 3.41. The predicted molar refractivity (Wildman–Crippen MR) is 34.6 cm³/mol. The standard InChI is InChI=1S/C3H8N2.C2H6/c1-3-5-4-2;1-2/h3-4H,1-2H3;1-2H3. The fourth-order valence-corrected chi connectivity index (χ4v) is 0.129. The molecular formula is C5H14N2. The zero-order valence-corrected chi connectivity index (χ0v) is 5.52. The highest BCUT2D eigenvalue weighted by Crippen LogP contribution is 1.41. The summed E-state index contributed by atoms with van der Waals surface area (Å²) in [7, 11) is 1.76. The molecule has 2 nitrogen and oxygen atoms in total. The molecule has 0 unspecified atom stereocenters. The summed E-state index contributed by atoms with van der Waals surface area (Å²) >= 11 is 0. The van der Waals surface area contributed by atoms with Crippen molar-refractivity contribution in [3.05, 3.63) is 0 Å². The molecular weight excluding hydrogens is 88.1 g/mol. The second-order valence-electron chi connectivity index (χ2n) is 0.611. The summed E-state index contributed by atoms with van der Waals surface area (Å²) < 4.78 is 0. The Hall–Kier alpha value is -0.530. The van der Waals surface area contributed by atoms with Crippen molar-refractivity contribution in [2.24, 2.45) is 5.10 Å². The lowest BCUT2D eigenvalue weighted by atomic mass is 10.9. The van der Waals surface area contributed by atoms with Crippen LogP contribution in [-0.2, 0) is 0 Å². The van der Waals surface area contributed by atoms with E-state index in [2.05, 4.69) is 10.5 Å². The van der Waals surface area contributed by atoms with Crippen LogP contribution in [0.15, 0.2) is 5.10 Å². The summed E-state index contributed by atoms with van der Waals surface area (Å²) in [5.74, 6) is 0. The van der Waals surface area contributed by atoms with Gasteiger partial charge in [-0.1, -0.05) is 13.8 Å². The van der Waals surface area contributed by atoms with Gasteiger partial charge in [0.25, 0.3) is 0 Å². The van der Waals surface area contributed by atoms with E-state index in [1.54, 1.807) is 13.3 Å². The summed E-state index contributed by atoms with van der Waals surface area (Å²) in [5, 5.41) is 3.60. The van der Waals surface area contributed by atoms with Crippen molar-refractivity contribution in [2.45, 2.75) is 20.8 Å². The van der Waals surface area contributed by atoms with Crippen molar-refractivity contribution < 1.29 is 0 Å². The lowest BCUT2D eigenvalue weighted by Crippen LogP contribution is -1.90. The van der Waals surface area contributed by atoms with Crippen LogP contribution in [0.5, 0.6) is 0 Å². The molecule has 0 amide bonds. The van der Waals surface area contributed by atoms with E-state index >= 15 is 0 Å². The van der Waals surface area contributed by atoms with Crippen LogP contribution in [0.1, 0.15) is 20.8 Å². The Bertz CT molecular complexity index is 33.1. The van der Waals surface area contributed by atoms with Gasteiger partial charge < -0.3 is 5.43 Å². The molecule has 0 aliphatic rings. The summed E-state index contributed by atoms with van der Waals surface area (Å²) in [6, 6.07) is 0. The first kappa shape index (κ1) is 9.69. The summed E-state index contributed by atoms with van der Waals surface area (Å²) in [4.78, 5) is 0. The van der Waals surface area contributed by atoms with Crippen molar-refractivity contribution in [1.29, 1.82) is 0 Å². The SMILES string of the molecule is CC.CC=NNC. The number of rotatable bonds is 1. The van der Waals surface area contributed by atoms with Gasteiger partial charge in [-0.05, 0) is 6.92 Å². The van der Waals surface area contributed by atoms with Gasteiger partial charge in [-0.15, -0.1) is 0 Å². The molecule has 1 N–H and O–H groups in total. The highest BCUT2D eigenvalue weighted by atomic mass is 15.2. The Morgan fingerprint density at radius 2 is 1.86 bits per heavy atom. The van der Waals surface area contributed by atoms with Crippen LogP contribution < -0.4 is 5.43 Å². The molecule has 0 aliphatic carbocycles. The summed E-state index contributed by atoms with van der Waals surface area (Å²) in [6.45, 7) is 5.86. The van der Waals surface area contributed by atoms with Gasteiger partial charge in [0.2, 0.25) is 0 Å². The molecule has 0 aromatic rings. The molecule has 0 heterocycles. The fourth-order valence-electron chi connectivity index (χ4n) is 0.129. The van der Waals surface area contributed by atoms with Crippen LogP contribution in [-0.4, -0.2) is 13.3 Å². The van der Waals surface area contributed by atoms with E-state index in [0.29, 0.717) is 0 Å². The molecule has 0 radical (unpaired) electrons. The third kappa shape index (κ3) is 30.5. The van der Waals surface area contributed by atoms with Crippen LogP contribution >= 0.6 is 0 Å². The van der Waals surface area contributed by atoms with Gasteiger partial charge in [0, 0.05) is 13.3 Å². The quantitative estimate of drug-likeness (QED) is 0.391. The average Bonchev–Trinajstić information content (AvgIpc) is 1.75. The van der Waals surface area contributed by atoms with Crippen LogP contribution in [0.4, 0.5) is 0 Å². The van der Waals surface area contributed by atoms with Gasteiger partial charge in [0.1, 0.15) is 0 Å². The highest BCUT2D eigenvalue weighted by Gasteiger charge is 1.44. The monoisotopic (exact) mass is 102 g/mol. The van der Waals surface area contributed by atoms with Crippen molar-refractivity contribution in [2.75, 3.05) is 7.05 Å². The maximum atomic E-state index is 3.60. The molecule has 7 heavy (non-hydrogen) atoms. The van der Waals surface area contributed by atoms with Gasteiger partial charge in [-0.25, -0.2) is 0 Å². The van der Waals surface area contributed by atoms with Crippen molar-refractivity contribution in [1.82, 2.24) is 5.43 Å². The van der Waals surface area contributed by atoms with Crippen molar-refractivity contribution >= 4 is 6.21 Å². The molecule has 0 saturated carbocycles. The highest BCUT2D eigenvalue weighted by molar-refractivity contribution is 5.52. The second-order valence-corrected chi connectivity index (χ2v) is 0.611. The lowest BCUT2D eigenvalue weighted by molar-refractivity contribution is 0.906. The molecule has 0 saturated heterocycles. The Kier molecular flexibility index (Phi) is 24.8. The first-order valence-corrected chi connectivity index (χ1v) is 2.56. The number of hydrogen-bond donors (Lipinski definition) is 1. The van der Waals surface area contributed by atoms with Gasteiger partial charge in [0.05, 0.1) is 0 Å². The normalized spacial score (nSPS) is 7.43. The zero-order valence-electron chi connectivity index (χ0n) is 5.52. The van der Waals surface area contributed by atoms with Crippen LogP contribution in [0, 0.1) is 0 Å². The molecule has 0 aromatic carbocycles. The Morgan fingerprint density at radius 3 is 1.86 bits per heavy atom. The Morgan fingerprint density at radius 1 is 1.43 bits per heavy atom. The molecule has 0 rings (SSSR count). The molecule has 0 aliphatic heterocycles. The molecule has 0 atom stereocenters. The number of nitrogens with zero attached hydrogens (tertiary/aromatic N) is 1. The number of nitrogens with one attached hydrogen (secondary N) is 1. The Balaban J connectivity index is 0. The first-order valence-electron chi connectivity index (χ1n) is 2.56. The van der Waals surface area contributed by atoms with E-state index < -0.39 is 0 Å². The summed E-state index contributed by atoms with van der Waals surface area (Å²) in [6.07, 6.45) is 1.69. The minimum Gasteiger partial charge on any atom is -0.313 e. The van der Waals surface area contributed by atoms with Gasteiger partial charge >= 0.3 is 0 Å². The third-order valence-corrected chi connectivity index (χ3v) is 0.258. The van der Waals surface area contributed by atoms with E-state index in [4.69, 9.17) is 0 Å². The minimum atomic E-state index is 1.69. The maximum Gasteiger partial charge on any atom is 0.0217 e. The molecule has 44 valence electrons. The zero-order chi connectivity index (χ0) is 6.12. The van der Waals surface area contributed by atoms with E-state index in [1.807, 2.05) is 20.8 Å². The topological polar surface area (TPSA) is 24.4 Å². The van der Waals surface area contributed by atoms with Gasteiger partial charge in [0.15, 0.2) is 0 Å². The van der Waals surface area contributed by atoms with Crippen molar-refractivity contribution in [3.63, 3.8) is 0 Å². The number of hydrogen-bond acceptors (Lipinski definition) is 2. The molecule has 2 heteroatoms. The van der Waals surface area contributed by atoms with Crippen molar-refractivity contribution in [3.8, 4) is 0 Å². The predicted octanol–water partition coefficient (Wildman–Crippen LogP) is 1.24. The smallest absolute Gasteiger partial charge is 0.0217 e. The minimum absolute atomic E-state index is 1.69. The van der Waals surface area contributed by atoms with Crippen LogP contribution in [0.2, 0.25) is 0 Å². The number of hydrazone groups is 1.